The summed E-state index contributed by atoms with van der Waals surface area (Å²) in [6, 6.07) is 8.12. The summed E-state index contributed by atoms with van der Waals surface area (Å²) in [5.74, 6) is 0. The van der Waals surface area contributed by atoms with E-state index in [0.29, 0.717) is 32.0 Å². The van der Waals surface area contributed by atoms with Gasteiger partial charge in [-0.15, -0.1) is 0 Å². The Morgan fingerprint density at radius 2 is 1.71 bits per heavy atom. The predicted molar refractivity (Wildman–Crippen MR) is 90.3 cm³/mol. The molecule has 0 amide bonds. The number of nitrogen functional groups attached to an aromatic ring is 1. The number of benzene rings is 2. The van der Waals surface area contributed by atoms with Crippen LogP contribution in [0.2, 0.25) is 5.02 Å². The third-order valence-electron chi connectivity index (χ3n) is 2.93. The van der Waals surface area contributed by atoms with E-state index < -0.39 is 10.0 Å². The second-order valence-corrected chi connectivity index (χ2v) is 7.62. The number of hydrogen-bond donors (Lipinski definition) is 2. The molecule has 0 spiro atoms. The van der Waals surface area contributed by atoms with Crippen LogP contribution < -0.4 is 10.5 Å². The van der Waals surface area contributed by atoms with E-state index in [4.69, 9.17) is 17.3 Å². The van der Waals surface area contributed by atoms with Gasteiger partial charge in [-0.1, -0.05) is 11.6 Å². The van der Waals surface area contributed by atoms with Crippen LogP contribution in [0.15, 0.2) is 39.7 Å². The number of anilines is 2. The largest absolute Gasteiger partial charge is 0.399 e. The van der Waals surface area contributed by atoms with Crippen molar-refractivity contribution < 1.29 is 8.42 Å². The number of halogens is 2. The summed E-state index contributed by atoms with van der Waals surface area (Å²) in [4.78, 5) is 0.235. The van der Waals surface area contributed by atoms with Crippen molar-refractivity contribution >= 4 is 48.9 Å². The third-order valence-corrected chi connectivity index (χ3v) is 5.49. The van der Waals surface area contributed by atoms with Crippen molar-refractivity contribution in [3.63, 3.8) is 0 Å². The molecule has 0 aliphatic rings. The van der Waals surface area contributed by atoms with E-state index in [2.05, 4.69) is 20.7 Å². The van der Waals surface area contributed by atoms with Crippen molar-refractivity contribution in [2.75, 3.05) is 10.5 Å². The number of sulfonamides is 1. The first-order valence-electron chi connectivity index (χ1n) is 6.05. The summed E-state index contributed by atoms with van der Waals surface area (Å²) in [7, 11) is -3.71. The summed E-state index contributed by atoms with van der Waals surface area (Å²) in [5, 5.41) is 0.518. The molecule has 2 aromatic carbocycles. The van der Waals surface area contributed by atoms with Gasteiger partial charge in [-0.25, -0.2) is 8.42 Å². The molecule has 21 heavy (non-hydrogen) atoms. The van der Waals surface area contributed by atoms with E-state index in [9.17, 15) is 8.42 Å². The molecule has 0 radical (unpaired) electrons. The van der Waals surface area contributed by atoms with E-state index >= 15 is 0 Å². The highest BCUT2D eigenvalue weighted by Gasteiger charge is 2.21. The van der Waals surface area contributed by atoms with Gasteiger partial charge >= 0.3 is 0 Å². The van der Waals surface area contributed by atoms with Gasteiger partial charge < -0.3 is 5.73 Å². The molecule has 112 valence electrons. The van der Waals surface area contributed by atoms with Crippen molar-refractivity contribution in [3.8, 4) is 0 Å². The lowest BCUT2D eigenvalue weighted by molar-refractivity contribution is 0.600. The SMILES string of the molecule is Cc1cc(N)cc(C)c1S(=O)(=O)Nc1ccc(Cl)cc1Br. The molecule has 0 saturated heterocycles. The van der Waals surface area contributed by atoms with Crippen LogP contribution in [0.1, 0.15) is 11.1 Å². The molecule has 0 aliphatic carbocycles. The van der Waals surface area contributed by atoms with Gasteiger partial charge in [0.25, 0.3) is 10.0 Å². The van der Waals surface area contributed by atoms with Crippen LogP contribution in [-0.4, -0.2) is 8.42 Å². The van der Waals surface area contributed by atoms with Crippen LogP contribution in [0.3, 0.4) is 0 Å². The van der Waals surface area contributed by atoms with Crippen molar-refractivity contribution in [3.05, 3.63) is 51.0 Å². The number of nitrogens with two attached hydrogens (primary N) is 1. The number of nitrogens with one attached hydrogen (secondary N) is 1. The lowest BCUT2D eigenvalue weighted by Crippen LogP contribution is -2.16. The van der Waals surface area contributed by atoms with Crippen molar-refractivity contribution in [2.45, 2.75) is 18.7 Å². The molecule has 0 atom stereocenters. The molecule has 0 aromatic heterocycles. The Balaban J connectivity index is 2.48. The summed E-state index contributed by atoms with van der Waals surface area (Å²) in [6.07, 6.45) is 0. The normalized spacial score (nSPS) is 11.4. The average Bonchev–Trinajstić information content (AvgIpc) is 2.30. The maximum atomic E-state index is 12.6. The lowest BCUT2D eigenvalue weighted by Gasteiger charge is -2.14. The fourth-order valence-corrected chi connectivity index (χ4v) is 4.62. The molecular formula is C14H14BrClN2O2S. The standard InChI is InChI=1S/C14H14BrClN2O2S/c1-8-5-11(17)6-9(2)14(8)21(19,20)18-13-4-3-10(16)7-12(13)15/h3-7,18H,17H2,1-2H3. The van der Waals surface area contributed by atoms with E-state index in [-0.39, 0.29) is 4.90 Å². The second kappa shape index (κ2) is 5.87. The highest BCUT2D eigenvalue weighted by atomic mass is 79.9. The molecule has 3 N–H and O–H groups in total. The minimum Gasteiger partial charge on any atom is -0.399 e. The van der Waals surface area contributed by atoms with E-state index in [0.717, 1.165) is 0 Å². The van der Waals surface area contributed by atoms with Crippen molar-refractivity contribution in [2.24, 2.45) is 0 Å². The predicted octanol–water partition coefficient (Wildman–Crippen LogP) is 4.10. The first kappa shape index (κ1) is 16.1. The summed E-state index contributed by atoms with van der Waals surface area (Å²) < 4.78 is 28.3. The fourth-order valence-electron chi connectivity index (χ4n) is 2.18. The zero-order valence-electron chi connectivity index (χ0n) is 11.4. The Morgan fingerprint density at radius 1 is 1.14 bits per heavy atom. The molecule has 0 bridgehead atoms. The van der Waals surface area contributed by atoms with Crippen molar-refractivity contribution in [1.29, 1.82) is 0 Å². The van der Waals surface area contributed by atoms with E-state index in [1.54, 1.807) is 44.2 Å². The van der Waals surface area contributed by atoms with Gasteiger partial charge in [0.15, 0.2) is 0 Å². The summed E-state index contributed by atoms with van der Waals surface area (Å²) in [5.41, 5.74) is 7.90. The van der Waals surface area contributed by atoms with Gasteiger partial charge in [-0.2, -0.15) is 0 Å². The molecule has 4 nitrogen and oxygen atoms in total. The average molecular weight is 390 g/mol. The minimum atomic E-state index is -3.71. The van der Waals surface area contributed by atoms with Crippen LogP contribution in [0.25, 0.3) is 0 Å². The van der Waals surface area contributed by atoms with Crippen LogP contribution in [-0.2, 0) is 10.0 Å². The van der Waals surface area contributed by atoms with Gasteiger partial charge in [-0.3, -0.25) is 4.72 Å². The van der Waals surface area contributed by atoms with Crippen LogP contribution in [0, 0.1) is 13.8 Å². The van der Waals surface area contributed by atoms with Crippen LogP contribution in [0.5, 0.6) is 0 Å². The third kappa shape index (κ3) is 3.51. The first-order chi connectivity index (χ1) is 9.70. The van der Waals surface area contributed by atoms with E-state index in [1.807, 2.05) is 0 Å². The Labute approximate surface area is 137 Å². The maximum Gasteiger partial charge on any atom is 0.262 e. The molecule has 0 unspecified atom stereocenters. The fraction of sp³-hybridized carbons (Fsp3) is 0.143. The van der Waals surface area contributed by atoms with Crippen LogP contribution >= 0.6 is 27.5 Å². The van der Waals surface area contributed by atoms with Crippen molar-refractivity contribution in [1.82, 2.24) is 0 Å². The topological polar surface area (TPSA) is 72.2 Å². The molecule has 0 fully saturated rings. The molecule has 0 heterocycles. The lowest BCUT2D eigenvalue weighted by atomic mass is 10.1. The quantitative estimate of drug-likeness (QED) is 0.776. The Bertz CT molecular complexity index is 784. The number of hydrogen-bond acceptors (Lipinski definition) is 3. The zero-order chi connectivity index (χ0) is 15.8. The smallest absolute Gasteiger partial charge is 0.262 e. The Morgan fingerprint density at radius 3 is 2.24 bits per heavy atom. The van der Waals surface area contributed by atoms with Gasteiger partial charge in [-0.05, 0) is 71.2 Å². The van der Waals surface area contributed by atoms with Gasteiger partial charge in [0.2, 0.25) is 0 Å². The van der Waals surface area contributed by atoms with Crippen LogP contribution in [0.4, 0.5) is 11.4 Å². The molecule has 0 aliphatic heterocycles. The first-order valence-corrected chi connectivity index (χ1v) is 8.71. The van der Waals surface area contributed by atoms with Gasteiger partial charge in [0.05, 0.1) is 10.6 Å². The molecular weight excluding hydrogens is 376 g/mol. The monoisotopic (exact) mass is 388 g/mol. The highest BCUT2D eigenvalue weighted by Crippen LogP contribution is 2.30. The molecule has 0 saturated carbocycles. The Hall–Kier alpha value is -1.24. The number of rotatable bonds is 3. The highest BCUT2D eigenvalue weighted by molar-refractivity contribution is 9.10. The van der Waals surface area contributed by atoms with Gasteiger partial charge in [0.1, 0.15) is 0 Å². The zero-order valence-corrected chi connectivity index (χ0v) is 14.6. The minimum absolute atomic E-state index is 0.235. The maximum absolute atomic E-state index is 12.6. The van der Waals surface area contributed by atoms with Gasteiger partial charge in [0, 0.05) is 15.2 Å². The Kier molecular flexibility index (Phi) is 4.51. The van der Waals surface area contributed by atoms with E-state index in [1.165, 1.54) is 0 Å². The second-order valence-electron chi connectivity index (χ2n) is 4.71. The molecule has 2 rings (SSSR count). The summed E-state index contributed by atoms with van der Waals surface area (Å²) >= 11 is 9.14. The molecule has 2 aromatic rings. The summed E-state index contributed by atoms with van der Waals surface area (Å²) in [6.45, 7) is 3.43. The number of aryl methyl sites for hydroxylation is 2. The molecule has 7 heteroatoms.